The normalized spacial score (nSPS) is 23.3. The molecular formula is C17H24N2O3S3. The predicted octanol–water partition coefficient (Wildman–Crippen LogP) is 3.17. The topological polar surface area (TPSA) is 66.5 Å². The molecule has 1 amide bonds. The summed E-state index contributed by atoms with van der Waals surface area (Å²) < 4.78 is 25.3. The highest BCUT2D eigenvalue weighted by Crippen LogP contribution is 2.44. The van der Waals surface area contributed by atoms with E-state index in [2.05, 4.69) is 11.4 Å². The van der Waals surface area contributed by atoms with E-state index in [9.17, 15) is 13.2 Å². The molecule has 2 aliphatic rings. The zero-order chi connectivity index (χ0) is 17.9. The summed E-state index contributed by atoms with van der Waals surface area (Å²) in [5.41, 5.74) is 2.03. The molecule has 0 radical (unpaired) electrons. The Kier molecular flexibility index (Phi) is 6.35. The van der Waals surface area contributed by atoms with Crippen molar-refractivity contribution in [1.29, 1.82) is 0 Å². The molecular weight excluding hydrogens is 376 g/mol. The summed E-state index contributed by atoms with van der Waals surface area (Å²) in [5.74, 6) is 1.98. The largest absolute Gasteiger partial charge is 0.326 e. The van der Waals surface area contributed by atoms with Crippen LogP contribution in [-0.4, -0.2) is 49.5 Å². The molecule has 0 spiro atoms. The lowest BCUT2D eigenvalue weighted by atomic mass is 9.98. The van der Waals surface area contributed by atoms with E-state index in [0.717, 1.165) is 18.5 Å². The van der Waals surface area contributed by atoms with Crippen LogP contribution in [0.4, 0.5) is 5.69 Å². The van der Waals surface area contributed by atoms with Crippen molar-refractivity contribution in [3.63, 3.8) is 0 Å². The van der Waals surface area contributed by atoms with Gasteiger partial charge in [-0.15, -0.1) is 23.5 Å². The second-order valence-electron chi connectivity index (χ2n) is 6.50. The molecule has 1 N–H and O–H groups in total. The number of benzene rings is 1. The highest BCUT2D eigenvalue weighted by Gasteiger charge is 2.30. The first-order valence-corrected chi connectivity index (χ1v) is 12.5. The van der Waals surface area contributed by atoms with Crippen LogP contribution >= 0.6 is 23.5 Å². The SMILES string of the molecule is CS(=O)(=O)N1CCC[C@H](C(=O)Nc2cccc(C3SCCCS3)c2)C1. The molecule has 1 aromatic carbocycles. The maximum Gasteiger partial charge on any atom is 0.228 e. The smallest absolute Gasteiger partial charge is 0.228 e. The summed E-state index contributed by atoms with van der Waals surface area (Å²) in [6.07, 6.45) is 3.91. The average molecular weight is 401 g/mol. The van der Waals surface area contributed by atoms with Gasteiger partial charge in [0.15, 0.2) is 0 Å². The Hall–Kier alpha value is -0.700. The van der Waals surface area contributed by atoms with Crippen LogP contribution in [0.1, 0.15) is 29.4 Å². The van der Waals surface area contributed by atoms with E-state index in [1.807, 2.05) is 41.7 Å². The number of nitrogens with one attached hydrogen (secondary N) is 1. The van der Waals surface area contributed by atoms with E-state index in [-0.39, 0.29) is 18.4 Å². The van der Waals surface area contributed by atoms with Crippen molar-refractivity contribution in [3.8, 4) is 0 Å². The monoisotopic (exact) mass is 400 g/mol. The molecule has 0 bridgehead atoms. The van der Waals surface area contributed by atoms with E-state index >= 15 is 0 Å². The molecule has 25 heavy (non-hydrogen) atoms. The third kappa shape index (κ3) is 5.15. The van der Waals surface area contributed by atoms with Crippen LogP contribution in [0, 0.1) is 5.92 Å². The van der Waals surface area contributed by atoms with Crippen LogP contribution < -0.4 is 5.32 Å². The minimum absolute atomic E-state index is 0.0885. The second kappa shape index (κ2) is 8.33. The number of amides is 1. The highest BCUT2D eigenvalue weighted by atomic mass is 32.2. The molecule has 0 aliphatic carbocycles. The fraction of sp³-hybridized carbons (Fsp3) is 0.588. The highest BCUT2D eigenvalue weighted by molar-refractivity contribution is 8.16. The minimum atomic E-state index is -3.24. The van der Waals surface area contributed by atoms with Crippen molar-refractivity contribution >= 4 is 45.1 Å². The van der Waals surface area contributed by atoms with Gasteiger partial charge < -0.3 is 5.32 Å². The van der Waals surface area contributed by atoms with Gasteiger partial charge in [-0.1, -0.05) is 12.1 Å². The minimum Gasteiger partial charge on any atom is -0.326 e. The standard InChI is InChI=1S/C17H24N2O3S3/c1-25(21,22)19-8-3-6-14(12-19)16(20)18-15-7-2-5-13(11-15)17-23-9-4-10-24-17/h2,5,7,11,14,17H,3-4,6,8-10,12H2,1H3,(H,18,20)/t14-/m0/s1. The van der Waals surface area contributed by atoms with Crippen molar-refractivity contribution in [1.82, 2.24) is 4.31 Å². The number of anilines is 1. The Bertz CT molecular complexity index is 718. The fourth-order valence-electron chi connectivity index (χ4n) is 3.15. The third-order valence-electron chi connectivity index (χ3n) is 4.48. The van der Waals surface area contributed by atoms with E-state index < -0.39 is 10.0 Å². The van der Waals surface area contributed by atoms with Crippen molar-refractivity contribution in [2.24, 2.45) is 5.92 Å². The summed E-state index contributed by atoms with van der Waals surface area (Å²) >= 11 is 3.90. The van der Waals surface area contributed by atoms with Crippen LogP contribution in [0.25, 0.3) is 0 Å². The maximum atomic E-state index is 12.6. The molecule has 2 heterocycles. The molecule has 0 saturated carbocycles. The average Bonchev–Trinajstić information content (AvgIpc) is 2.62. The van der Waals surface area contributed by atoms with Gasteiger partial charge in [-0.3, -0.25) is 4.79 Å². The quantitative estimate of drug-likeness (QED) is 0.841. The molecule has 0 unspecified atom stereocenters. The number of carbonyl (C=O) groups is 1. The number of hydrogen-bond donors (Lipinski definition) is 1. The zero-order valence-electron chi connectivity index (χ0n) is 14.3. The van der Waals surface area contributed by atoms with Gasteiger partial charge >= 0.3 is 0 Å². The lowest BCUT2D eigenvalue weighted by molar-refractivity contribution is -0.120. The molecule has 0 aromatic heterocycles. The summed E-state index contributed by atoms with van der Waals surface area (Å²) in [6.45, 7) is 0.785. The summed E-state index contributed by atoms with van der Waals surface area (Å²) in [4.78, 5) is 12.6. The number of sulfonamides is 1. The first-order chi connectivity index (χ1) is 11.9. The summed E-state index contributed by atoms with van der Waals surface area (Å²) in [5, 5.41) is 2.98. The number of rotatable bonds is 4. The Morgan fingerprint density at radius 1 is 1.24 bits per heavy atom. The van der Waals surface area contributed by atoms with Gasteiger partial charge in [0.1, 0.15) is 0 Å². The Morgan fingerprint density at radius 2 is 2.00 bits per heavy atom. The van der Waals surface area contributed by atoms with Crippen molar-refractivity contribution in [3.05, 3.63) is 29.8 Å². The van der Waals surface area contributed by atoms with E-state index in [4.69, 9.17) is 0 Å². The molecule has 8 heteroatoms. The maximum absolute atomic E-state index is 12.6. The predicted molar refractivity (Wildman–Crippen MR) is 106 cm³/mol. The molecule has 1 atom stereocenters. The second-order valence-corrected chi connectivity index (χ2v) is 11.2. The van der Waals surface area contributed by atoms with Gasteiger partial charge in [0, 0.05) is 18.8 Å². The summed E-state index contributed by atoms with van der Waals surface area (Å²) in [6, 6.07) is 8.03. The van der Waals surface area contributed by atoms with E-state index in [1.54, 1.807) is 0 Å². The van der Waals surface area contributed by atoms with Gasteiger partial charge in [0.2, 0.25) is 15.9 Å². The van der Waals surface area contributed by atoms with Gasteiger partial charge in [-0.2, -0.15) is 0 Å². The number of piperidine rings is 1. The zero-order valence-corrected chi connectivity index (χ0v) is 16.8. The Labute approximate surface area is 158 Å². The van der Waals surface area contributed by atoms with E-state index in [0.29, 0.717) is 11.1 Å². The molecule has 2 aliphatic heterocycles. The fourth-order valence-corrected chi connectivity index (χ4v) is 6.93. The van der Waals surface area contributed by atoms with Crippen LogP contribution in [0.2, 0.25) is 0 Å². The van der Waals surface area contributed by atoms with Crippen LogP contribution in [-0.2, 0) is 14.8 Å². The molecule has 2 saturated heterocycles. The number of hydrogen-bond acceptors (Lipinski definition) is 5. The molecule has 1 aromatic rings. The number of thioether (sulfide) groups is 2. The Morgan fingerprint density at radius 3 is 2.72 bits per heavy atom. The number of carbonyl (C=O) groups excluding carboxylic acids is 1. The number of nitrogens with zero attached hydrogens (tertiary/aromatic N) is 1. The van der Waals surface area contributed by atoms with Gasteiger partial charge in [0.25, 0.3) is 0 Å². The first-order valence-electron chi connectivity index (χ1n) is 8.52. The Balaban J connectivity index is 1.64. The molecule has 2 fully saturated rings. The lowest BCUT2D eigenvalue weighted by Gasteiger charge is -2.30. The third-order valence-corrected chi connectivity index (χ3v) is 8.76. The van der Waals surface area contributed by atoms with E-state index in [1.165, 1.54) is 34.1 Å². The van der Waals surface area contributed by atoms with Gasteiger partial charge in [-0.05, 0) is 48.5 Å². The molecule has 138 valence electrons. The van der Waals surface area contributed by atoms with Gasteiger partial charge in [0.05, 0.1) is 16.8 Å². The first kappa shape index (κ1) is 19.1. The molecule has 3 rings (SSSR count). The lowest BCUT2D eigenvalue weighted by Crippen LogP contribution is -2.43. The van der Waals surface area contributed by atoms with Crippen LogP contribution in [0.5, 0.6) is 0 Å². The summed E-state index contributed by atoms with van der Waals surface area (Å²) in [7, 11) is -3.24. The molecule has 5 nitrogen and oxygen atoms in total. The van der Waals surface area contributed by atoms with Crippen molar-refractivity contribution in [2.45, 2.75) is 23.8 Å². The van der Waals surface area contributed by atoms with Crippen molar-refractivity contribution in [2.75, 3.05) is 36.2 Å². The van der Waals surface area contributed by atoms with Crippen LogP contribution in [0.3, 0.4) is 0 Å². The van der Waals surface area contributed by atoms with Crippen LogP contribution in [0.15, 0.2) is 24.3 Å². The van der Waals surface area contributed by atoms with Crippen molar-refractivity contribution < 1.29 is 13.2 Å². The van der Waals surface area contributed by atoms with Gasteiger partial charge in [-0.25, -0.2) is 12.7 Å².